The second-order valence-corrected chi connectivity index (χ2v) is 8.79. The number of anilines is 2. The molecule has 39 heavy (non-hydrogen) atoms. The van der Waals surface area contributed by atoms with Crippen molar-refractivity contribution in [1.82, 2.24) is 15.3 Å². The van der Waals surface area contributed by atoms with E-state index >= 15 is 0 Å². The highest BCUT2D eigenvalue weighted by molar-refractivity contribution is 5.96. The summed E-state index contributed by atoms with van der Waals surface area (Å²) in [5, 5.41) is 33.0. The first-order chi connectivity index (χ1) is 18.9. The number of ether oxygens (including phenoxy) is 1. The number of aliphatic hydroxyl groups is 1. The summed E-state index contributed by atoms with van der Waals surface area (Å²) in [6, 6.07) is 22.3. The smallest absolute Gasteiger partial charge is 0.258 e. The molecule has 4 aromatic rings. The Morgan fingerprint density at radius 2 is 1.56 bits per heavy atom. The van der Waals surface area contributed by atoms with Crippen LogP contribution in [0.3, 0.4) is 0 Å². The van der Waals surface area contributed by atoms with Crippen molar-refractivity contribution in [3.05, 3.63) is 94.7 Å². The van der Waals surface area contributed by atoms with Crippen molar-refractivity contribution in [2.75, 3.05) is 18.5 Å². The Morgan fingerprint density at radius 1 is 0.949 bits per heavy atom. The normalized spacial score (nSPS) is 10.3. The molecule has 0 unspecified atom stereocenters. The van der Waals surface area contributed by atoms with Crippen LogP contribution in [0.25, 0.3) is 11.1 Å². The number of carbonyl (C=O) groups is 1. The number of aliphatic hydroxyl groups excluding tert-OH is 1. The highest BCUT2D eigenvalue weighted by Crippen LogP contribution is 2.34. The zero-order chi connectivity index (χ0) is 27.8. The number of rotatable bonds is 9. The van der Waals surface area contributed by atoms with Gasteiger partial charge in [0.15, 0.2) is 0 Å². The first-order valence-corrected chi connectivity index (χ1v) is 12.2. The number of amides is 1. The molecule has 9 heteroatoms. The van der Waals surface area contributed by atoms with Crippen LogP contribution in [0.2, 0.25) is 0 Å². The summed E-state index contributed by atoms with van der Waals surface area (Å²) in [5.41, 5.74) is 5.53. The van der Waals surface area contributed by atoms with Crippen molar-refractivity contribution in [3.63, 3.8) is 0 Å². The van der Waals surface area contributed by atoms with E-state index in [2.05, 4.69) is 32.7 Å². The van der Waals surface area contributed by atoms with Crippen LogP contribution in [-0.4, -0.2) is 34.1 Å². The molecule has 0 fully saturated rings. The van der Waals surface area contributed by atoms with Gasteiger partial charge in [0.1, 0.15) is 11.3 Å². The van der Waals surface area contributed by atoms with Gasteiger partial charge in [-0.15, -0.1) is 0 Å². The number of nitrogens with one attached hydrogen (secondary N) is 2. The zero-order valence-electron chi connectivity index (χ0n) is 21.5. The van der Waals surface area contributed by atoms with Gasteiger partial charge < -0.3 is 20.5 Å². The number of aromatic nitrogens is 2. The topological polar surface area (TPSA) is 144 Å². The molecule has 1 aromatic heterocycles. The molecule has 0 spiro atoms. The zero-order valence-corrected chi connectivity index (χ0v) is 21.5. The summed E-state index contributed by atoms with van der Waals surface area (Å²) in [7, 11) is 0. The lowest BCUT2D eigenvalue weighted by Gasteiger charge is -2.16. The van der Waals surface area contributed by atoms with Crippen LogP contribution in [0.1, 0.15) is 39.0 Å². The Hall–Kier alpha value is -5.25. The van der Waals surface area contributed by atoms with Crippen LogP contribution >= 0.6 is 0 Å². The van der Waals surface area contributed by atoms with E-state index < -0.39 is 5.91 Å². The maximum absolute atomic E-state index is 12.9. The minimum atomic E-state index is -0.423. The first-order valence-electron chi connectivity index (χ1n) is 12.2. The Labute approximate surface area is 226 Å². The van der Waals surface area contributed by atoms with Crippen LogP contribution in [-0.2, 0) is 0 Å². The SMILES string of the molecule is Cc1cc(-c2ccc(C#N)cc2)cc(C)c1Oc1nc(Nc2ccc(C#N)cc2)ncc1C(=O)NCCCO. The fourth-order valence-electron chi connectivity index (χ4n) is 3.91. The maximum atomic E-state index is 12.9. The van der Waals surface area contributed by atoms with E-state index in [9.17, 15) is 4.79 Å². The lowest BCUT2D eigenvalue weighted by atomic mass is 9.99. The van der Waals surface area contributed by atoms with Crippen LogP contribution in [0, 0.1) is 36.5 Å². The number of carbonyl (C=O) groups excluding carboxylic acids is 1. The number of nitrogens with zero attached hydrogens (tertiary/aromatic N) is 4. The summed E-state index contributed by atoms with van der Waals surface area (Å²) in [6.07, 6.45) is 1.80. The van der Waals surface area contributed by atoms with Gasteiger partial charge in [0.25, 0.3) is 5.91 Å². The summed E-state index contributed by atoms with van der Waals surface area (Å²) in [5.74, 6) is 0.416. The first kappa shape index (κ1) is 26.8. The van der Waals surface area contributed by atoms with E-state index in [0.717, 1.165) is 22.3 Å². The van der Waals surface area contributed by atoms with Crippen LogP contribution in [0.15, 0.2) is 66.9 Å². The molecular weight excluding hydrogens is 492 g/mol. The van der Waals surface area contributed by atoms with E-state index in [4.69, 9.17) is 20.4 Å². The number of hydrogen-bond donors (Lipinski definition) is 3. The molecule has 0 atom stereocenters. The highest BCUT2D eigenvalue weighted by atomic mass is 16.5. The maximum Gasteiger partial charge on any atom is 0.258 e. The largest absolute Gasteiger partial charge is 0.437 e. The minimum Gasteiger partial charge on any atom is -0.437 e. The molecule has 3 aromatic carbocycles. The van der Waals surface area contributed by atoms with Crippen molar-refractivity contribution in [2.45, 2.75) is 20.3 Å². The number of hydrogen-bond acceptors (Lipinski definition) is 8. The molecule has 0 saturated heterocycles. The third-order valence-corrected chi connectivity index (χ3v) is 5.90. The lowest BCUT2D eigenvalue weighted by molar-refractivity contribution is 0.0947. The van der Waals surface area contributed by atoms with Gasteiger partial charge in [-0.05, 0) is 91.1 Å². The third-order valence-electron chi connectivity index (χ3n) is 5.90. The molecule has 1 heterocycles. The van der Waals surface area contributed by atoms with Gasteiger partial charge in [-0.3, -0.25) is 4.79 Å². The van der Waals surface area contributed by atoms with Gasteiger partial charge in [0, 0.05) is 25.0 Å². The number of nitriles is 2. The molecule has 194 valence electrons. The van der Waals surface area contributed by atoms with E-state index in [0.29, 0.717) is 29.0 Å². The lowest BCUT2D eigenvalue weighted by Crippen LogP contribution is -2.26. The van der Waals surface area contributed by atoms with E-state index in [-0.39, 0.29) is 30.5 Å². The Kier molecular flexibility index (Phi) is 8.47. The molecule has 4 rings (SSSR count). The Morgan fingerprint density at radius 3 is 2.15 bits per heavy atom. The van der Waals surface area contributed by atoms with Crippen LogP contribution in [0.5, 0.6) is 11.6 Å². The van der Waals surface area contributed by atoms with Gasteiger partial charge in [-0.1, -0.05) is 12.1 Å². The summed E-state index contributed by atoms with van der Waals surface area (Å²) < 4.78 is 6.25. The predicted molar refractivity (Wildman–Crippen MR) is 147 cm³/mol. The van der Waals surface area contributed by atoms with Crippen molar-refractivity contribution >= 4 is 17.5 Å². The summed E-state index contributed by atoms with van der Waals surface area (Å²) in [4.78, 5) is 21.7. The molecule has 0 bridgehead atoms. The standard InChI is InChI=1S/C30H26N6O3/c1-19-14-24(23-8-4-21(16-31)5-9-23)15-20(2)27(19)39-29-26(28(38)33-12-3-13-37)18-34-30(36-29)35-25-10-6-22(17-32)7-11-25/h4-11,14-15,18,37H,3,12-13H2,1-2H3,(H,33,38)(H,34,35,36). The number of benzene rings is 3. The molecule has 0 saturated carbocycles. The van der Waals surface area contributed by atoms with Gasteiger partial charge in [-0.25, -0.2) is 4.98 Å². The molecule has 0 aliphatic carbocycles. The minimum absolute atomic E-state index is 0.0441. The molecule has 0 aliphatic rings. The van der Waals surface area contributed by atoms with E-state index in [1.165, 1.54) is 6.20 Å². The molecule has 9 nitrogen and oxygen atoms in total. The molecule has 0 radical (unpaired) electrons. The highest BCUT2D eigenvalue weighted by Gasteiger charge is 2.19. The van der Waals surface area contributed by atoms with E-state index in [1.807, 2.05) is 38.1 Å². The van der Waals surface area contributed by atoms with Crippen LogP contribution in [0.4, 0.5) is 11.6 Å². The Bertz CT molecular complexity index is 1550. The van der Waals surface area contributed by atoms with Crippen molar-refractivity contribution < 1.29 is 14.6 Å². The van der Waals surface area contributed by atoms with Gasteiger partial charge in [0.05, 0.1) is 23.3 Å². The van der Waals surface area contributed by atoms with Crippen molar-refractivity contribution in [2.24, 2.45) is 0 Å². The average Bonchev–Trinajstić information content (AvgIpc) is 2.95. The fraction of sp³-hybridized carbons (Fsp3) is 0.167. The van der Waals surface area contributed by atoms with Crippen molar-refractivity contribution in [1.29, 1.82) is 10.5 Å². The molecule has 1 amide bonds. The molecular formula is C30H26N6O3. The van der Waals surface area contributed by atoms with Gasteiger partial charge in [-0.2, -0.15) is 15.5 Å². The summed E-state index contributed by atoms with van der Waals surface area (Å²) >= 11 is 0. The quantitative estimate of drug-likeness (QED) is 0.258. The molecule has 0 aliphatic heterocycles. The average molecular weight is 519 g/mol. The fourth-order valence-corrected chi connectivity index (χ4v) is 3.91. The second kappa shape index (κ2) is 12.3. The van der Waals surface area contributed by atoms with E-state index in [1.54, 1.807) is 36.4 Å². The second-order valence-electron chi connectivity index (χ2n) is 8.79. The summed E-state index contributed by atoms with van der Waals surface area (Å²) in [6.45, 7) is 4.07. The Balaban J connectivity index is 1.67. The van der Waals surface area contributed by atoms with Crippen molar-refractivity contribution in [3.8, 4) is 34.9 Å². The van der Waals surface area contributed by atoms with Crippen LogP contribution < -0.4 is 15.4 Å². The molecule has 3 N–H and O–H groups in total. The predicted octanol–water partition coefficient (Wildman–Crippen LogP) is 5.15. The van der Waals surface area contributed by atoms with Gasteiger partial charge >= 0.3 is 0 Å². The van der Waals surface area contributed by atoms with Gasteiger partial charge in [0.2, 0.25) is 11.8 Å². The monoisotopic (exact) mass is 518 g/mol. The third kappa shape index (κ3) is 6.55. The number of aryl methyl sites for hydroxylation is 2.